The Kier molecular flexibility index (Phi) is 19.7. The van der Waals surface area contributed by atoms with Crippen molar-refractivity contribution in [3.63, 3.8) is 0 Å². The number of carboxylic acid groups (broad SMARTS) is 1. The molecule has 0 aromatic heterocycles. The lowest BCUT2D eigenvalue weighted by Gasteiger charge is -2.29. The first kappa shape index (κ1) is 26.4. The van der Waals surface area contributed by atoms with Crippen LogP contribution in [0.2, 0.25) is 0 Å². The van der Waals surface area contributed by atoms with Crippen LogP contribution in [0, 0.1) is 0 Å². The fourth-order valence-electron chi connectivity index (χ4n) is 3.82. The first-order chi connectivity index (χ1) is 13.1. The van der Waals surface area contributed by atoms with Crippen molar-refractivity contribution in [3.8, 4) is 0 Å². The number of aliphatic carboxylic acids is 1. The van der Waals surface area contributed by atoms with Crippen LogP contribution in [0.5, 0.6) is 0 Å². The number of nitrogens with zero attached hydrogens (tertiary/aromatic N) is 1. The molecule has 162 valence electrons. The number of unbranched alkanes of at least 4 members (excludes halogenated alkanes) is 12. The maximum Gasteiger partial charge on any atom is 0.303 e. The van der Waals surface area contributed by atoms with Crippen LogP contribution in [0.3, 0.4) is 0 Å². The highest BCUT2D eigenvalue weighted by atomic mass is 16.4. The summed E-state index contributed by atoms with van der Waals surface area (Å²) < 4.78 is 0. The van der Waals surface area contributed by atoms with Crippen molar-refractivity contribution in [1.29, 1.82) is 0 Å². The van der Waals surface area contributed by atoms with Crippen LogP contribution in [0.15, 0.2) is 0 Å². The number of hydrogen-bond acceptors (Lipinski definition) is 2. The van der Waals surface area contributed by atoms with Crippen molar-refractivity contribution in [3.05, 3.63) is 0 Å². The van der Waals surface area contributed by atoms with E-state index >= 15 is 0 Å². The molecule has 0 rings (SSSR count). The predicted octanol–water partition coefficient (Wildman–Crippen LogP) is 7.43. The van der Waals surface area contributed by atoms with E-state index in [0.717, 1.165) is 19.3 Å². The van der Waals surface area contributed by atoms with E-state index in [2.05, 4.69) is 25.7 Å². The molecule has 0 aliphatic carbocycles. The first-order valence-corrected chi connectivity index (χ1v) is 12.1. The summed E-state index contributed by atoms with van der Waals surface area (Å²) in [6.07, 6.45) is 21.0. The quantitative estimate of drug-likeness (QED) is 0.209. The molecule has 0 aliphatic heterocycles. The monoisotopic (exact) mass is 383 g/mol. The summed E-state index contributed by atoms with van der Waals surface area (Å²) >= 11 is 0. The van der Waals surface area contributed by atoms with E-state index in [4.69, 9.17) is 5.11 Å². The van der Waals surface area contributed by atoms with Crippen LogP contribution < -0.4 is 0 Å². The Morgan fingerprint density at radius 1 is 0.704 bits per heavy atom. The summed E-state index contributed by atoms with van der Waals surface area (Å²) in [5.74, 6) is -0.657. The molecular formula is C24H49NO2. The lowest BCUT2D eigenvalue weighted by atomic mass is 10.0. The Balaban J connectivity index is 4.05. The second kappa shape index (κ2) is 20.2. The summed E-state index contributed by atoms with van der Waals surface area (Å²) in [4.78, 5) is 13.3. The average molecular weight is 384 g/mol. The molecule has 1 N–H and O–H groups in total. The van der Waals surface area contributed by atoms with Crippen LogP contribution in [0.1, 0.15) is 130 Å². The van der Waals surface area contributed by atoms with Gasteiger partial charge in [0.05, 0.1) is 0 Å². The van der Waals surface area contributed by atoms with E-state index in [1.54, 1.807) is 0 Å². The predicted molar refractivity (Wildman–Crippen MR) is 119 cm³/mol. The van der Waals surface area contributed by atoms with Crippen molar-refractivity contribution < 1.29 is 9.90 Å². The van der Waals surface area contributed by atoms with Gasteiger partial charge in [0.25, 0.3) is 0 Å². The van der Waals surface area contributed by atoms with Gasteiger partial charge in [0.15, 0.2) is 0 Å². The molecule has 3 heteroatoms. The molecule has 3 nitrogen and oxygen atoms in total. The zero-order valence-electron chi connectivity index (χ0n) is 18.8. The van der Waals surface area contributed by atoms with Crippen molar-refractivity contribution in [2.45, 2.75) is 136 Å². The molecular weight excluding hydrogens is 334 g/mol. The van der Waals surface area contributed by atoms with E-state index in [0.29, 0.717) is 12.5 Å². The first-order valence-electron chi connectivity index (χ1n) is 12.1. The van der Waals surface area contributed by atoms with Gasteiger partial charge in [0.2, 0.25) is 0 Å². The molecule has 0 heterocycles. The second-order valence-corrected chi connectivity index (χ2v) is 8.41. The van der Waals surface area contributed by atoms with Crippen molar-refractivity contribution in [2.24, 2.45) is 0 Å². The zero-order valence-corrected chi connectivity index (χ0v) is 18.8. The van der Waals surface area contributed by atoms with E-state index in [1.165, 1.54) is 96.6 Å². The summed E-state index contributed by atoms with van der Waals surface area (Å²) in [6.45, 7) is 9.43. The van der Waals surface area contributed by atoms with Gasteiger partial charge in [-0.15, -0.1) is 0 Å². The summed E-state index contributed by atoms with van der Waals surface area (Å²) in [5.41, 5.74) is 0. The third-order valence-electron chi connectivity index (χ3n) is 5.73. The summed E-state index contributed by atoms with van der Waals surface area (Å²) in [5, 5.41) is 8.75. The van der Waals surface area contributed by atoms with Crippen molar-refractivity contribution in [1.82, 2.24) is 4.90 Å². The Morgan fingerprint density at radius 2 is 1.15 bits per heavy atom. The van der Waals surface area contributed by atoms with E-state index < -0.39 is 5.97 Å². The minimum Gasteiger partial charge on any atom is -0.481 e. The molecule has 27 heavy (non-hydrogen) atoms. The van der Waals surface area contributed by atoms with E-state index in [1.807, 2.05) is 0 Å². The third kappa shape index (κ3) is 18.6. The Labute approximate surface area is 170 Å². The molecule has 1 atom stereocenters. The largest absolute Gasteiger partial charge is 0.481 e. The van der Waals surface area contributed by atoms with Gasteiger partial charge in [0, 0.05) is 12.5 Å². The highest BCUT2D eigenvalue weighted by Crippen LogP contribution is 2.15. The summed E-state index contributed by atoms with van der Waals surface area (Å²) in [6, 6.07) is 0.640. The van der Waals surface area contributed by atoms with Gasteiger partial charge < -0.3 is 10.0 Å². The maximum atomic E-state index is 10.6. The zero-order chi connectivity index (χ0) is 20.2. The SMILES string of the molecule is CCCCCCCCN(CCCCCCCC)C(C)CCCCCC(=O)O. The molecule has 0 spiro atoms. The van der Waals surface area contributed by atoms with Crippen molar-refractivity contribution >= 4 is 5.97 Å². The molecule has 0 fully saturated rings. The van der Waals surface area contributed by atoms with Crippen LogP contribution in [0.25, 0.3) is 0 Å². The Bertz CT molecular complexity index is 304. The number of carboxylic acids is 1. The number of rotatable bonds is 21. The molecule has 0 saturated heterocycles. The standard InChI is InChI=1S/C24H49NO2/c1-4-6-8-10-12-17-21-25(22-18-13-11-9-7-5-2)23(3)19-15-14-16-20-24(26)27/h23H,4-22H2,1-3H3,(H,26,27). The lowest BCUT2D eigenvalue weighted by Crippen LogP contribution is -2.35. The Hall–Kier alpha value is -0.570. The van der Waals surface area contributed by atoms with Crippen LogP contribution >= 0.6 is 0 Å². The van der Waals surface area contributed by atoms with Crippen LogP contribution in [-0.2, 0) is 4.79 Å². The van der Waals surface area contributed by atoms with Gasteiger partial charge in [-0.25, -0.2) is 0 Å². The van der Waals surface area contributed by atoms with Gasteiger partial charge in [0.1, 0.15) is 0 Å². The van der Waals surface area contributed by atoms with Crippen molar-refractivity contribution in [2.75, 3.05) is 13.1 Å². The number of hydrogen-bond donors (Lipinski definition) is 1. The van der Waals surface area contributed by atoms with Gasteiger partial charge >= 0.3 is 5.97 Å². The van der Waals surface area contributed by atoms with Gasteiger partial charge in [-0.2, -0.15) is 0 Å². The fourth-order valence-corrected chi connectivity index (χ4v) is 3.82. The molecule has 0 radical (unpaired) electrons. The van der Waals surface area contributed by atoms with E-state index in [-0.39, 0.29) is 0 Å². The minimum atomic E-state index is -0.657. The minimum absolute atomic E-state index is 0.327. The maximum absolute atomic E-state index is 10.6. The molecule has 0 amide bonds. The normalized spacial score (nSPS) is 12.6. The molecule has 0 saturated carbocycles. The van der Waals surface area contributed by atoms with Gasteiger partial charge in [-0.05, 0) is 45.7 Å². The molecule has 1 unspecified atom stereocenters. The summed E-state index contributed by atoms with van der Waals surface area (Å²) in [7, 11) is 0. The molecule has 0 aromatic carbocycles. The third-order valence-corrected chi connectivity index (χ3v) is 5.73. The molecule has 0 bridgehead atoms. The second-order valence-electron chi connectivity index (χ2n) is 8.41. The average Bonchev–Trinajstić information content (AvgIpc) is 2.64. The van der Waals surface area contributed by atoms with Gasteiger partial charge in [-0.3, -0.25) is 4.79 Å². The highest BCUT2D eigenvalue weighted by Gasteiger charge is 2.13. The Morgan fingerprint density at radius 3 is 1.63 bits per heavy atom. The number of carbonyl (C=O) groups is 1. The lowest BCUT2D eigenvalue weighted by molar-refractivity contribution is -0.137. The highest BCUT2D eigenvalue weighted by molar-refractivity contribution is 5.66. The van der Waals surface area contributed by atoms with E-state index in [9.17, 15) is 4.79 Å². The van der Waals surface area contributed by atoms with Crippen LogP contribution in [-0.4, -0.2) is 35.1 Å². The van der Waals surface area contributed by atoms with Crippen LogP contribution in [0.4, 0.5) is 0 Å². The topological polar surface area (TPSA) is 40.5 Å². The smallest absolute Gasteiger partial charge is 0.303 e. The van der Waals surface area contributed by atoms with Gasteiger partial charge in [-0.1, -0.05) is 90.9 Å². The fraction of sp³-hybridized carbons (Fsp3) is 0.958. The molecule has 0 aliphatic rings. The molecule has 0 aromatic rings.